The normalized spacial score (nSPS) is 12.7. The van der Waals surface area contributed by atoms with Crippen LogP contribution < -0.4 is 14.4 Å². The fourth-order valence-corrected chi connectivity index (χ4v) is 4.21. The first-order valence-electron chi connectivity index (χ1n) is 11.1. The van der Waals surface area contributed by atoms with Crippen molar-refractivity contribution in [1.29, 1.82) is 0 Å². The van der Waals surface area contributed by atoms with Crippen molar-refractivity contribution in [2.45, 2.75) is 19.9 Å². The van der Waals surface area contributed by atoms with Crippen molar-refractivity contribution in [3.8, 4) is 28.4 Å². The third kappa shape index (κ3) is 4.24. The van der Waals surface area contributed by atoms with Crippen LogP contribution in [-0.2, 0) is 22.6 Å². The lowest BCUT2D eigenvalue weighted by molar-refractivity contribution is -0.215. The van der Waals surface area contributed by atoms with E-state index in [0.29, 0.717) is 58.0 Å². The molecule has 1 aliphatic rings. The van der Waals surface area contributed by atoms with Gasteiger partial charge in [0.1, 0.15) is 12.7 Å². The lowest BCUT2D eigenvalue weighted by Crippen LogP contribution is -2.16. The van der Waals surface area contributed by atoms with Crippen LogP contribution in [0.5, 0.6) is 17.2 Å². The molecule has 0 unspecified atom stereocenters. The lowest BCUT2D eigenvalue weighted by atomic mass is 9.92. The van der Waals surface area contributed by atoms with Gasteiger partial charge in [-0.25, -0.2) is 19.4 Å². The van der Waals surface area contributed by atoms with Gasteiger partial charge in [0, 0.05) is 22.9 Å². The Labute approximate surface area is 201 Å². The molecule has 1 aliphatic heterocycles. The quantitative estimate of drug-likeness (QED) is 0.292. The van der Waals surface area contributed by atoms with Crippen LogP contribution in [0.3, 0.4) is 0 Å². The highest BCUT2D eigenvalue weighted by Crippen LogP contribution is 2.41. The summed E-state index contributed by atoms with van der Waals surface area (Å²) in [6, 6.07) is 9.31. The van der Waals surface area contributed by atoms with Crippen molar-refractivity contribution in [2.75, 3.05) is 27.4 Å². The summed E-state index contributed by atoms with van der Waals surface area (Å²) >= 11 is 0. The molecule has 2 aromatic carbocycles. The number of carbonyl (C=O) groups excluding carboxylic acids is 1. The van der Waals surface area contributed by atoms with E-state index in [2.05, 4.69) is 10.1 Å². The number of aromatic nitrogens is 4. The first kappa shape index (κ1) is 22.6. The molecule has 0 aliphatic carbocycles. The van der Waals surface area contributed by atoms with Crippen molar-refractivity contribution in [3.05, 3.63) is 59.8 Å². The second-order valence-electron chi connectivity index (χ2n) is 7.82. The summed E-state index contributed by atoms with van der Waals surface area (Å²) in [7, 11) is 3.14. The maximum Gasteiger partial charge on any atom is 0.340 e. The molecule has 0 N–H and O–H groups in total. The highest BCUT2D eigenvalue weighted by molar-refractivity contribution is 6.08. The number of esters is 1. The Kier molecular flexibility index (Phi) is 6.19. The molecule has 2 aromatic heterocycles. The predicted octanol–water partition coefficient (Wildman–Crippen LogP) is 3.60. The maximum absolute atomic E-state index is 13.4. The van der Waals surface area contributed by atoms with Gasteiger partial charge in [0.25, 0.3) is 0 Å². The minimum atomic E-state index is -0.489. The highest BCUT2D eigenvalue weighted by Gasteiger charge is 2.26. The molecule has 0 amide bonds. The Balaban J connectivity index is 1.84. The molecule has 10 nitrogen and oxygen atoms in total. The van der Waals surface area contributed by atoms with Gasteiger partial charge in [-0.2, -0.15) is 9.99 Å². The molecule has 0 saturated carbocycles. The summed E-state index contributed by atoms with van der Waals surface area (Å²) in [4.78, 5) is 32.9. The number of carbonyl (C=O) groups is 1. The minimum absolute atomic E-state index is 0.214. The summed E-state index contributed by atoms with van der Waals surface area (Å²) in [5.74, 6) is 1.20. The molecule has 3 heterocycles. The summed E-state index contributed by atoms with van der Waals surface area (Å²) in [6.07, 6.45) is 3.71. The number of pyridine rings is 1. The van der Waals surface area contributed by atoms with Crippen molar-refractivity contribution in [1.82, 2.24) is 19.7 Å². The first-order chi connectivity index (χ1) is 17.1. The number of benzene rings is 2. The molecular formula is C25H24N4O6. The number of methoxy groups -OCH3 is 2. The van der Waals surface area contributed by atoms with E-state index in [-0.39, 0.29) is 13.2 Å². The van der Waals surface area contributed by atoms with E-state index in [4.69, 9.17) is 29.0 Å². The largest absolute Gasteiger partial charge is 0.493 e. The molecule has 5 rings (SSSR count). The van der Waals surface area contributed by atoms with E-state index in [1.165, 1.54) is 6.33 Å². The molecule has 0 saturated heterocycles. The Morgan fingerprint density at radius 1 is 1.14 bits per heavy atom. The van der Waals surface area contributed by atoms with Gasteiger partial charge in [0.2, 0.25) is 0 Å². The predicted molar refractivity (Wildman–Crippen MR) is 126 cm³/mol. The molecule has 4 aromatic rings. The SMILES string of the molecule is CCOC(=O)c1c(Cn2cncn2)nc2cc3c(cc2c1-c1ccc(OC)c(OC)c1)OOCC3. The third-order valence-electron chi connectivity index (χ3n) is 5.78. The molecule has 180 valence electrons. The van der Waals surface area contributed by atoms with E-state index < -0.39 is 5.97 Å². The molecule has 0 spiro atoms. The van der Waals surface area contributed by atoms with Crippen molar-refractivity contribution in [2.24, 2.45) is 0 Å². The summed E-state index contributed by atoms with van der Waals surface area (Å²) in [6.45, 7) is 2.67. The monoisotopic (exact) mass is 476 g/mol. The molecule has 0 atom stereocenters. The van der Waals surface area contributed by atoms with Gasteiger partial charge in [-0.1, -0.05) is 6.07 Å². The summed E-state index contributed by atoms with van der Waals surface area (Å²) in [5, 5.41) is 4.92. The van der Waals surface area contributed by atoms with E-state index >= 15 is 0 Å². The highest BCUT2D eigenvalue weighted by atomic mass is 17.2. The minimum Gasteiger partial charge on any atom is -0.493 e. The number of hydrogen-bond donors (Lipinski definition) is 0. The second-order valence-corrected chi connectivity index (χ2v) is 7.82. The Morgan fingerprint density at radius 2 is 2.00 bits per heavy atom. The number of fused-ring (bicyclic) bond motifs is 2. The standard InChI is InChI=1S/C25H24N4O6/c1-4-33-25(30)24-19(12-29-14-26-13-27-29)28-18-9-15-7-8-34-35-21(15)11-17(18)23(24)16-5-6-20(31-2)22(10-16)32-3/h5-6,9-11,13-14H,4,7-8,12H2,1-3H3. The van der Waals surface area contributed by atoms with E-state index in [9.17, 15) is 4.79 Å². The average molecular weight is 476 g/mol. The topological polar surface area (TPSA) is 107 Å². The average Bonchev–Trinajstić information content (AvgIpc) is 3.39. The van der Waals surface area contributed by atoms with Crippen molar-refractivity contribution < 1.29 is 28.8 Å². The molecule has 0 bridgehead atoms. The van der Waals surface area contributed by atoms with Gasteiger partial charge in [0.15, 0.2) is 17.2 Å². The Hall–Kier alpha value is -4.18. The molecular weight excluding hydrogens is 452 g/mol. The zero-order valence-corrected chi connectivity index (χ0v) is 19.6. The fraction of sp³-hybridized carbons (Fsp3) is 0.280. The maximum atomic E-state index is 13.4. The van der Waals surface area contributed by atoms with Crippen LogP contribution in [-0.4, -0.2) is 53.2 Å². The van der Waals surface area contributed by atoms with E-state index in [0.717, 1.165) is 11.1 Å². The van der Waals surface area contributed by atoms with Crippen LogP contribution >= 0.6 is 0 Å². The molecule has 10 heteroatoms. The van der Waals surface area contributed by atoms with Crippen molar-refractivity contribution in [3.63, 3.8) is 0 Å². The Bertz CT molecular complexity index is 1390. The van der Waals surface area contributed by atoms with Crippen molar-refractivity contribution >= 4 is 16.9 Å². The van der Waals surface area contributed by atoms with Gasteiger partial charge in [-0.3, -0.25) is 0 Å². The van der Waals surface area contributed by atoms with Crippen LogP contribution in [0.25, 0.3) is 22.0 Å². The van der Waals surface area contributed by atoms with Gasteiger partial charge in [-0.15, -0.1) is 0 Å². The van der Waals surface area contributed by atoms with Crippen LogP contribution in [0.15, 0.2) is 43.0 Å². The van der Waals surface area contributed by atoms with Gasteiger partial charge >= 0.3 is 5.97 Å². The Morgan fingerprint density at radius 3 is 2.74 bits per heavy atom. The second kappa shape index (κ2) is 9.59. The fourth-order valence-electron chi connectivity index (χ4n) is 4.21. The van der Waals surface area contributed by atoms with E-state index in [1.54, 1.807) is 38.2 Å². The zero-order valence-electron chi connectivity index (χ0n) is 19.6. The van der Waals surface area contributed by atoms with Crippen LogP contribution in [0.4, 0.5) is 0 Å². The summed E-state index contributed by atoms with van der Waals surface area (Å²) in [5.41, 5.74) is 3.90. The number of nitrogens with zero attached hydrogens (tertiary/aromatic N) is 4. The van der Waals surface area contributed by atoms with Crippen LogP contribution in [0.1, 0.15) is 28.5 Å². The summed E-state index contributed by atoms with van der Waals surface area (Å²) < 4.78 is 18.0. The molecule has 0 fully saturated rings. The van der Waals surface area contributed by atoms with Crippen LogP contribution in [0, 0.1) is 0 Å². The third-order valence-corrected chi connectivity index (χ3v) is 5.78. The van der Waals surface area contributed by atoms with Gasteiger partial charge < -0.3 is 19.1 Å². The number of hydrogen-bond acceptors (Lipinski definition) is 9. The number of ether oxygens (including phenoxy) is 3. The number of rotatable bonds is 7. The molecule has 0 radical (unpaired) electrons. The van der Waals surface area contributed by atoms with E-state index in [1.807, 2.05) is 24.3 Å². The van der Waals surface area contributed by atoms with Gasteiger partial charge in [-0.05, 0) is 36.8 Å². The first-order valence-corrected chi connectivity index (χ1v) is 11.1. The van der Waals surface area contributed by atoms with Crippen LogP contribution in [0.2, 0.25) is 0 Å². The lowest BCUT2D eigenvalue weighted by Gasteiger charge is -2.21. The smallest absolute Gasteiger partial charge is 0.340 e. The zero-order chi connectivity index (χ0) is 24.4. The molecule has 35 heavy (non-hydrogen) atoms. The van der Waals surface area contributed by atoms with Gasteiger partial charge in [0.05, 0.1) is 50.8 Å².